The highest BCUT2D eigenvalue weighted by Crippen LogP contribution is 2.14. The van der Waals surface area contributed by atoms with E-state index in [-0.39, 0.29) is 4.90 Å². The highest BCUT2D eigenvalue weighted by atomic mass is 32.2. The summed E-state index contributed by atoms with van der Waals surface area (Å²) in [6, 6.07) is 5.90. The number of hydrogen-bond donors (Lipinski definition) is 1. The average Bonchev–Trinajstić information content (AvgIpc) is 2.28. The summed E-state index contributed by atoms with van der Waals surface area (Å²) in [6.45, 7) is 2.16. The standard InChI is InChI=1S/C12H14O6S/c1-8-3-5-10(6-4-8)19(16,17)18-7-11(9(2)13)12(14)15/h3-6,11H,7H2,1-2H3,(H,14,15). The first-order valence-electron chi connectivity index (χ1n) is 5.43. The number of benzene rings is 1. The molecule has 0 spiro atoms. The van der Waals surface area contributed by atoms with Crippen LogP contribution in [0.1, 0.15) is 12.5 Å². The fourth-order valence-electron chi connectivity index (χ4n) is 1.29. The highest BCUT2D eigenvalue weighted by molar-refractivity contribution is 7.86. The van der Waals surface area contributed by atoms with E-state index in [2.05, 4.69) is 4.18 Å². The van der Waals surface area contributed by atoms with Crippen LogP contribution in [0.5, 0.6) is 0 Å². The smallest absolute Gasteiger partial charge is 0.316 e. The Balaban J connectivity index is 2.83. The van der Waals surface area contributed by atoms with Crippen molar-refractivity contribution in [3.8, 4) is 0 Å². The van der Waals surface area contributed by atoms with Gasteiger partial charge >= 0.3 is 5.97 Å². The number of ketones is 1. The van der Waals surface area contributed by atoms with Crippen LogP contribution in [0.25, 0.3) is 0 Å². The van der Waals surface area contributed by atoms with Crippen LogP contribution in [0, 0.1) is 12.8 Å². The molecule has 1 N–H and O–H groups in total. The molecule has 0 bridgehead atoms. The summed E-state index contributed by atoms with van der Waals surface area (Å²) in [7, 11) is -4.05. The van der Waals surface area contributed by atoms with Crippen LogP contribution in [0.4, 0.5) is 0 Å². The first-order chi connectivity index (χ1) is 8.74. The van der Waals surface area contributed by atoms with Gasteiger partial charge in [-0.1, -0.05) is 17.7 Å². The Kier molecular flexibility index (Phi) is 4.79. The second-order valence-corrected chi connectivity index (χ2v) is 5.67. The van der Waals surface area contributed by atoms with Crippen molar-refractivity contribution in [2.75, 3.05) is 6.61 Å². The Morgan fingerprint density at radius 2 is 1.79 bits per heavy atom. The van der Waals surface area contributed by atoms with Gasteiger partial charge in [-0.05, 0) is 26.0 Å². The molecule has 0 aliphatic carbocycles. The number of rotatable bonds is 6. The van der Waals surface area contributed by atoms with Gasteiger partial charge in [0.2, 0.25) is 0 Å². The summed E-state index contributed by atoms with van der Waals surface area (Å²) >= 11 is 0. The van der Waals surface area contributed by atoms with Crippen LogP contribution < -0.4 is 0 Å². The van der Waals surface area contributed by atoms with Crippen molar-refractivity contribution in [3.05, 3.63) is 29.8 Å². The van der Waals surface area contributed by atoms with Crippen LogP contribution in [-0.2, 0) is 23.9 Å². The largest absolute Gasteiger partial charge is 0.481 e. The molecule has 19 heavy (non-hydrogen) atoms. The first kappa shape index (κ1) is 15.3. The topological polar surface area (TPSA) is 97.7 Å². The summed E-state index contributed by atoms with van der Waals surface area (Å²) in [5, 5.41) is 8.75. The van der Waals surface area contributed by atoms with Crippen molar-refractivity contribution in [1.82, 2.24) is 0 Å². The predicted octanol–water partition coefficient (Wildman–Crippen LogP) is 0.990. The number of aliphatic carboxylic acids is 1. The fourth-order valence-corrected chi connectivity index (χ4v) is 2.21. The zero-order chi connectivity index (χ0) is 14.6. The lowest BCUT2D eigenvalue weighted by Gasteiger charge is -2.10. The van der Waals surface area contributed by atoms with E-state index in [0.29, 0.717) is 0 Å². The molecule has 0 fully saturated rings. The van der Waals surface area contributed by atoms with Crippen LogP contribution in [0.15, 0.2) is 29.2 Å². The lowest BCUT2D eigenvalue weighted by molar-refractivity contribution is -0.146. The van der Waals surface area contributed by atoms with E-state index in [1.54, 1.807) is 19.1 Å². The minimum absolute atomic E-state index is 0.0780. The molecule has 0 aromatic heterocycles. The van der Waals surface area contributed by atoms with E-state index in [9.17, 15) is 18.0 Å². The lowest BCUT2D eigenvalue weighted by atomic mass is 10.1. The molecule has 1 aromatic rings. The predicted molar refractivity (Wildman–Crippen MR) is 66.1 cm³/mol. The average molecular weight is 286 g/mol. The van der Waals surface area contributed by atoms with Gasteiger partial charge in [-0.3, -0.25) is 13.8 Å². The third-order valence-electron chi connectivity index (χ3n) is 2.49. The Labute approximate surface area is 111 Å². The molecule has 1 rings (SSSR count). The van der Waals surface area contributed by atoms with Crippen molar-refractivity contribution in [1.29, 1.82) is 0 Å². The monoisotopic (exact) mass is 286 g/mol. The molecular weight excluding hydrogens is 272 g/mol. The highest BCUT2D eigenvalue weighted by Gasteiger charge is 2.26. The molecule has 1 aromatic carbocycles. The van der Waals surface area contributed by atoms with Crippen LogP contribution >= 0.6 is 0 Å². The molecule has 0 saturated carbocycles. The SMILES string of the molecule is CC(=O)C(COS(=O)(=O)c1ccc(C)cc1)C(=O)O. The fraction of sp³-hybridized carbons (Fsp3) is 0.333. The normalized spacial score (nSPS) is 12.9. The van der Waals surface area contributed by atoms with Crippen molar-refractivity contribution in [2.45, 2.75) is 18.7 Å². The second kappa shape index (κ2) is 5.94. The van der Waals surface area contributed by atoms with E-state index in [1.165, 1.54) is 12.1 Å². The van der Waals surface area contributed by atoms with Crippen molar-refractivity contribution < 1.29 is 27.3 Å². The third-order valence-corrected chi connectivity index (χ3v) is 3.78. The zero-order valence-electron chi connectivity index (χ0n) is 10.5. The molecule has 0 aliphatic rings. The minimum Gasteiger partial charge on any atom is -0.481 e. The molecule has 0 aliphatic heterocycles. The summed E-state index contributed by atoms with van der Waals surface area (Å²) < 4.78 is 28.1. The molecule has 0 heterocycles. The quantitative estimate of drug-likeness (QED) is 0.618. The second-order valence-electron chi connectivity index (χ2n) is 4.05. The number of carboxylic acids is 1. The van der Waals surface area contributed by atoms with Gasteiger partial charge in [0.1, 0.15) is 11.7 Å². The zero-order valence-corrected chi connectivity index (χ0v) is 11.3. The van der Waals surface area contributed by atoms with Gasteiger partial charge in [-0.25, -0.2) is 0 Å². The molecule has 1 atom stereocenters. The van der Waals surface area contributed by atoms with E-state index < -0.39 is 34.4 Å². The minimum atomic E-state index is -4.05. The van der Waals surface area contributed by atoms with E-state index in [1.807, 2.05) is 0 Å². The molecule has 0 radical (unpaired) electrons. The van der Waals surface area contributed by atoms with Crippen molar-refractivity contribution in [2.24, 2.45) is 5.92 Å². The number of carbonyl (C=O) groups excluding carboxylic acids is 1. The van der Waals surface area contributed by atoms with Gasteiger partial charge in [0.05, 0.1) is 11.5 Å². The number of aryl methyl sites for hydroxylation is 1. The maximum atomic E-state index is 11.8. The van der Waals surface area contributed by atoms with Crippen LogP contribution in [0.2, 0.25) is 0 Å². The van der Waals surface area contributed by atoms with Crippen molar-refractivity contribution >= 4 is 21.9 Å². The van der Waals surface area contributed by atoms with E-state index >= 15 is 0 Å². The molecule has 1 unspecified atom stereocenters. The van der Waals surface area contributed by atoms with Crippen molar-refractivity contribution in [3.63, 3.8) is 0 Å². The van der Waals surface area contributed by atoms with Gasteiger partial charge in [0, 0.05) is 0 Å². The Morgan fingerprint density at radius 3 is 2.21 bits per heavy atom. The van der Waals surface area contributed by atoms with E-state index in [4.69, 9.17) is 5.11 Å². The molecule has 0 saturated heterocycles. The number of carboxylic acid groups (broad SMARTS) is 1. The molecule has 7 heteroatoms. The summed E-state index contributed by atoms with van der Waals surface area (Å²) in [5.74, 6) is -3.56. The number of carbonyl (C=O) groups is 2. The number of Topliss-reactive ketones (excluding diaryl/α,β-unsaturated/α-hetero) is 1. The van der Waals surface area contributed by atoms with Gasteiger partial charge in [-0.2, -0.15) is 8.42 Å². The maximum Gasteiger partial charge on any atom is 0.316 e. The molecule has 6 nitrogen and oxygen atoms in total. The Bertz CT molecular complexity index is 559. The van der Waals surface area contributed by atoms with E-state index in [0.717, 1.165) is 12.5 Å². The third kappa shape index (κ3) is 4.15. The van der Waals surface area contributed by atoms with Gasteiger partial charge in [-0.15, -0.1) is 0 Å². The van der Waals surface area contributed by atoms with Gasteiger partial charge < -0.3 is 5.11 Å². The first-order valence-corrected chi connectivity index (χ1v) is 6.84. The summed E-state index contributed by atoms with van der Waals surface area (Å²) in [4.78, 5) is 21.7. The molecule has 104 valence electrons. The maximum absolute atomic E-state index is 11.8. The molecule has 0 amide bonds. The summed E-state index contributed by atoms with van der Waals surface area (Å²) in [5.41, 5.74) is 0.881. The Hall–Kier alpha value is -1.73. The molecular formula is C12H14O6S. The van der Waals surface area contributed by atoms with Crippen LogP contribution in [-0.4, -0.2) is 31.9 Å². The van der Waals surface area contributed by atoms with Crippen LogP contribution in [0.3, 0.4) is 0 Å². The van der Waals surface area contributed by atoms with Gasteiger partial charge in [0.25, 0.3) is 10.1 Å². The summed E-state index contributed by atoms with van der Waals surface area (Å²) in [6.07, 6.45) is 0. The lowest BCUT2D eigenvalue weighted by Crippen LogP contribution is -2.28. The van der Waals surface area contributed by atoms with Gasteiger partial charge in [0.15, 0.2) is 0 Å². The number of hydrogen-bond acceptors (Lipinski definition) is 5. The Morgan fingerprint density at radius 1 is 1.26 bits per heavy atom.